The maximum absolute atomic E-state index is 12.5. The summed E-state index contributed by atoms with van der Waals surface area (Å²) in [5, 5.41) is 12.8. The molecule has 1 aromatic carbocycles. The first-order chi connectivity index (χ1) is 11.5. The number of carboxylic acids is 1. The fraction of sp³-hybridized carbons (Fsp3) is 0.235. The minimum Gasteiger partial charge on any atom is -0.478 e. The predicted octanol–water partition coefficient (Wildman–Crippen LogP) is 4.90. The molecule has 24 heavy (non-hydrogen) atoms. The fourth-order valence-electron chi connectivity index (χ4n) is 2.40. The van der Waals surface area contributed by atoms with Gasteiger partial charge in [0.2, 0.25) is 0 Å². The quantitative estimate of drug-likeness (QED) is 0.419. The number of aryl methyl sites for hydroxylation is 1. The van der Waals surface area contributed by atoms with E-state index in [1.165, 1.54) is 11.3 Å². The maximum Gasteiger partial charge on any atom is 0.339 e. The molecule has 0 atom stereocenters. The van der Waals surface area contributed by atoms with E-state index >= 15 is 0 Å². The van der Waals surface area contributed by atoms with Crippen molar-refractivity contribution >= 4 is 51.9 Å². The molecule has 2 aromatic rings. The number of nitrogens with zero attached hydrogens (tertiary/aromatic N) is 1. The van der Waals surface area contributed by atoms with Gasteiger partial charge >= 0.3 is 5.97 Å². The van der Waals surface area contributed by atoms with Crippen molar-refractivity contribution in [3.8, 4) is 0 Å². The van der Waals surface area contributed by atoms with E-state index < -0.39 is 11.8 Å². The van der Waals surface area contributed by atoms with Gasteiger partial charge in [-0.15, -0.1) is 11.3 Å². The summed E-state index contributed by atoms with van der Waals surface area (Å²) in [4.78, 5) is 28.4. The Morgan fingerprint density at radius 3 is 2.42 bits per heavy atom. The van der Waals surface area contributed by atoms with E-state index in [2.05, 4.69) is 4.98 Å². The third-order valence-electron chi connectivity index (χ3n) is 3.46. The van der Waals surface area contributed by atoms with Crippen LogP contribution in [0.1, 0.15) is 30.3 Å². The highest BCUT2D eigenvalue weighted by molar-refractivity contribution is 7.09. The summed E-state index contributed by atoms with van der Waals surface area (Å²) in [5.74, 6) is -1.72. The van der Waals surface area contributed by atoms with Crippen molar-refractivity contribution in [2.24, 2.45) is 0 Å². The van der Waals surface area contributed by atoms with Gasteiger partial charge in [-0.05, 0) is 24.1 Å². The number of carbonyl (C=O) groups is 2. The maximum atomic E-state index is 12.5. The van der Waals surface area contributed by atoms with Crippen molar-refractivity contribution < 1.29 is 14.7 Å². The Hall–Kier alpha value is -1.69. The number of rotatable bonds is 7. The molecule has 0 unspecified atom stereocenters. The predicted molar refractivity (Wildman–Crippen MR) is 96.8 cm³/mol. The zero-order valence-electron chi connectivity index (χ0n) is 12.9. The van der Waals surface area contributed by atoms with Crippen molar-refractivity contribution in [1.29, 1.82) is 0 Å². The molecule has 0 saturated heterocycles. The highest BCUT2D eigenvalue weighted by atomic mass is 35.5. The van der Waals surface area contributed by atoms with E-state index in [0.717, 1.165) is 5.01 Å². The van der Waals surface area contributed by atoms with E-state index in [-0.39, 0.29) is 12.0 Å². The number of carbonyl (C=O) groups excluding carboxylic acids is 1. The van der Waals surface area contributed by atoms with Crippen molar-refractivity contribution in [2.45, 2.75) is 26.2 Å². The van der Waals surface area contributed by atoms with Crippen molar-refractivity contribution in [3.05, 3.63) is 56.0 Å². The third kappa shape index (κ3) is 4.23. The lowest BCUT2D eigenvalue weighted by atomic mass is 9.93. The van der Waals surface area contributed by atoms with Gasteiger partial charge in [-0.25, -0.2) is 9.78 Å². The second-order valence-corrected chi connectivity index (χ2v) is 6.75. The van der Waals surface area contributed by atoms with Crippen LogP contribution < -0.4 is 0 Å². The van der Waals surface area contributed by atoms with E-state index in [1.807, 2.05) is 5.38 Å². The molecule has 7 heteroatoms. The number of ketones is 1. The van der Waals surface area contributed by atoms with E-state index in [4.69, 9.17) is 23.2 Å². The van der Waals surface area contributed by atoms with Crippen LogP contribution in [0.3, 0.4) is 0 Å². The molecular weight excluding hydrogens is 369 g/mol. The molecule has 0 aliphatic carbocycles. The molecule has 0 aliphatic heterocycles. The molecule has 0 radical (unpaired) electrons. The number of carboxylic acid groups (broad SMARTS) is 1. The Balaban J connectivity index is 2.43. The van der Waals surface area contributed by atoms with E-state index in [9.17, 15) is 14.7 Å². The molecular formula is C17H15Cl2NO3S. The molecule has 126 valence electrons. The summed E-state index contributed by atoms with van der Waals surface area (Å²) in [7, 11) is 0. The number of Topliss-reactive ketones (excluding diaryl/α,β-unsaturated/α-hetero) is 1. The summed E-state index contributed by atoms with van der Waals surface area (Å²) in [6.45, 7) is 1.77. The lowest BCUT2D eigenvalue weighted by Gasteiger charge is -2.13. The minimum absolute atomic E-state index is 0.0702. The Morgan fingerprint density at radius 2 is 1.92 bits per heavy atom. The molecule has 4 nitrogen and oxygen atoms in total. The van der Waals surface area contributed by atoms with E-state index in [1.54, 1.807) is 31.3 Å². The average Bonchev–Trinajstić information content (AvgIpc) is 3.04. The van der Waals surface area contributed by atoms with Gasteiger partial charge in [0.25, 0.3) is 0 Å². The fourth-order valence-corrected chi connectivity index (χ4v) is 3.65. The Labute approximate surface area is 153 Å². The van der Waals surface area contributed by atoms with Crippen molar-refractivity contribution in [1.82, 2.24) is 4.98 Å². The number of aromatic nitrogens is 1. The molecule has 0 fully saturated rings. The first kappa shape index (κ1) is 18.6. The van der Waals surface area contributed by atoms with E-state index in [0.29, 0.717) is 34.0 Å². The first-order valence-electron chi connectivity index (χ1n) is 7.28. The zero-order chi connectivity index (χ0) is 17.7. The van der Waals surface area contributed by atoms with Crippen LogP contribution in [0, 0.1) is 0 Å². The number of hydrogen-bond acceptors (Lipinski definition) is 4. The highest BCUT2D eigenvalue weighted by Gasteiger charge is 2.25. The lowest BCUT2D eigenvalue weighted by molar-refractivity contribution is -0.134. The van der Waals surface area contributed by atoms with Gasteiger partial charge in [0.1, 0.15) is 5.57 Å². The third-order valence-corrected chi connectivity index (χ3v) is 4.93. The van der Waals surface area contributed by atoms with Gasteiger partial charge < -0.3 is 5.11 Å². The average molecular weight is 384 g/mol. The molecule has 0 spiro atoms. The van der Waals surface area contributed by atoms with Crippen LogP contribution in [0.25, 0.3) is 5.57 Å². The Bertz CT molecular complexity index is 765. The van der Waals surface area contributed by atoms with Gasteiger partial charge in [-0.2, -0.15) is 0 Å². The SMILES string of the molecule is CCC(=C(C(=O)O)C(=O)CCc1nccs1)c1c(Cl)cccc1Cl. The Kier molecular flexibility index (Phi) is 6.54. The topological polar surface area (TPSA) is 67.3 Å². The number of benzene rings is 1. The van der Waals surface area contributed by atoms with Crippen LogP contribution >= 0.6 is 34.5 Å². The van der Waals surface area contributed by atoms with Gasteiger partial charge in [0.05, 0.1) is 5.01 Å². The number of aliphatic carboxylic acids is 1. The monoisotopic (exact) mass is 383 g/mol. The Morgan fingerprint density at radius 1 is 1.25 bits per heavy atom. The normalized spacial score (nSPS) is 12.0. The summed E-state index contributed by atoms with van der Waals surface area (Å²) in [6.07, 6.45) is 2.45. The molecule has 1 N–H and O–H groups in total. The summed E-state index contributed by atoms with van der Waals surface area (Å²) in [6, 6.07) is 4.92. The van der Waals surface area contributed by atoms with Crippen LogP contribution in [0.5, 0.6) is 0 Å². The summed E-state index contributed by atoms with van der Waals surface area (Å²) >= 11 is 13.8. The van der Waals surface area contributed by atoms with Gasteiger partial charge in [-0.1, -0.05) is 36.2 Å². The zero-order valence-corrected chi connectivity index (χ0v) is 15.2. The van der Waals surface area contributed by atoms with Crippen LogP contribution in [0.2, 0.25) is 10.0 Å². The highest BCUT2D eigenvalue weighted by Crippen LogP contribution is 2.35. The molecule has 0 aliphatic rings. The van der Waals surface area contributed by atoms with Crippen LogP contribution in [0.4, 0.5) is 0 Å². The summed E-state index contributed by atoms with van der Waals surface area (Å²) in [5.41, 5.74) is 0.495. The van der Waals surface area contributed by atoms with Crippen molar-refractivity contribution in [3.63, 3.8) is 0 Å². The minimum atomic E-state index is -1.27. The standard InChI is InChI=1S/C17H15Cl2NO3S/c1-2-10(15-11(18)4-3-5-12(15)19)16(17(22)23)13(21)6-7-14-20-8-9-24-14/h3-5,8-9H,2,6-7H2,1H3,(H,22,23). The van der Waals surface area contributed by atoms with Crippen LogP contribution in [-0.2, 0) is 16.0 Å². The van der Waals surface area contributed by atoms with Gasteiger partial charge in [-0.3, -0.25) is 4.79 Å². The second kappa shape index (κ2) is 8.42. The first-order valence-corrected chi connectivity index (χ1v) is 8.91. The number of hydrogen-bond donors (Lipinski definition) is 1. The molecule has 2 rings (SSSR count). The molecule has 1 heterocycles. The number of halogens is 2. The molecule has 0 amide bonds. The summed E-state index contributed by atoms with van der Waals surface area (Å²) < 4.78 is 0. The van der Waals surface area contributed by atoms with Crippen molar-refractivity contribution in [2.75, 3.05) is 0 Å². The number of allylic oxidation sites excluding steroid dienone is 1. The molecule has 0 saturated carbocycles. The van der Waals surface area contributed by atoms with Gasteiger partial charge in [0.15, 0.2) is 5.78 Å². The smallest absolute Gasteiger partial charge is 0.339 e. The van der Waals surface area contributed by atoms with Gasteiger partial charge in [0, 0.05) is 40.0 Å². The largest absolute Gasteiger partial charge is 0.478 e. The molecule has 1 aromatic heterocycles. The van der Waals surface area contributed by atoms with Crippen LogP contribution in [-0.4, -0.2) is 21.8 Å². The molecule has 0 bridgehead atoms. The number of thiazole rings is 1. The lowest BCUT2D eigenvalue weighted by Crippen LogP contribution is -2.16. The van der Waals surface area contributed by atoms with Crippen LogP contribution in [0.15, 0.2) is 35.3 Å². The second-order valence-electron chi connectivity index (χ2n) is 4.96.